The molecular weight excluding hydrogens is 1390 g/mol. The van der Waals surface area contributed by atoms with Gasteiger partial charge in [-0.2, -0.15) is 0 Å². The topological polar surface area (TPSA) is 232 Å². The number of ketones is 2. The van der Waals surface area contributed by atoms with Crippen LogP contribution in [-0.2, 0) is 81.6 Å². The number of esters is 1. The van der Waals surface area contributed by atoms with Crippen LogP contribution in [-0.4, -0.2) is 133 Å². The molecule has 4 fully saturated rings. The van der Waals surface area contributed by atoms with Gasteiger partial charge in [0.2, 0.25) is 0 Å². The molecule has 8 aromatic rings. The molecule has 0 aliphatic carbocycles. The summed E-state index contributed by atoms with van der Waals surface area (Å²) >= 11 is 37.2. The third-order valence-corrected chi connectivity index (χ3v) is 18.9. The Hall–Kier alpha value is -7.56. The number of amides is 2. The van der Waals surface area contributed by atoms with Crippen molar-refractivity contribution < 1.29 is 72.1 Å². The summed E-state index contributed by atoms with van der Waals surface area (Å²) in [5.41, 5.74) is 7.42. The summed E-state index contributed by atoms with van der Waals surface area (Å²) < 4.78 is 40.8. The predicted molar refractivity (Wildman–Crippen MR) is 377 cm³/mol. The van der Waals surface area contributed by atoms with Gasteiger partial charge in [0.15, 0.2) is 17.7 Å². The highest BCUT2D eigenvalue weighted by Crippen LogP contribution is 2.34. The van der Waals surface area contributed by atoms with Crippen molar-refractivity contribution in [2.24, 2.45) is 0 Å². The van der Waals surface area contributed by atoms with E-state index in [9.17, 15) is 39.0 Å². The van der Waals surface area contributed by atoms with E-state index in [0.717, 1.165) is 27.8 Å². The lowest BCUT2D eigenvalue weighted by Gasteiger charge is -2.23. The lowest BCUT2D eigenvalue weighted by atomic mass is 9.99. The van der Waals surface area contributed by atoms with E-state index >= 15 is 0 Å². The van der Waals surface area contributed by atoms with Gasteiger partial charge in [0, 0.05) is 25.7 Å². The van der Waals surface area contributed by atoms with Crippen molar-refractivity contribution in [3.8, 4) is 0 Å². The number of aliphatic hydroxyl groups is 1. The smallest absolute Gasteiger partial charge is 0.329 e. The van der Waals surface area contributed by atoms with Crippen molar-refractivity contribution in [1.29, 1.82) is 0 Å². The minimum absolute atomic E-state index is 0.0646. The number of carboxylic acids is 1. The van der Waals surface area contributed by atoms with Crippen LogP contribution >= 0.6 is 69.6 Å². The van der Waals surface area contributed by atoms with Crippen LogP contribution in [0.2, 0.25) is 30.1 Å². The van der Waals surface area contributed by atoms with Crippen LogP contribution in [0.15, 0.2) is 182 Å². The van der Waals surface area contributed by atoms with E-state index in [4.69, 9.17) is 103 Å². The first kappa shape index (κ1) is 74.1. The number of hydrogen-bond donors (Lipinski definition) is 4. The summed E-state index contributed by atoms with van der Waals surface area (Å²) in [7, 11) is 0. The molecule has 3 unspecified atom stereocenters. The van der Waals surface area contributed by atoms with Crippen LogP contribution in [0.3, 0.4) is 0 Å². The lowest BCUT2D eigenvalue weighted by molar-refractivity contribution is -0.156. The number of nitrogens with one attached hydrogen (secondary N) is 2. The van der Waals surface area contributed by atoms with Gasteiger partial charge in [0.1, 0.15) is 54.8 Å². The second-order valence-electron chi connectivity index (χ2n) is 24.1. The molecule has 12 rings (SSSR count). The first-order chi connectivity index (χ1) is 47.7. The third-order valence-electron chi connectivity index (χ3n) is 17.1. The second-order valence-corrected chi connectivity index (χ2v) is 26.5. The molecule has 8 aromatic carbocycles. The van der Waals surface area contributed by atoms with Gasteiger partial charge in [-0.05, 0) is 94.8 Å². The molecule has 23 heteroatoms. The molecule has 0 saturated carbocycles. The molecule has 516 valence electrons. The van der Waals surface area contributed by atoms with Gasteiger partial charge in [0.25, 0.3) is 11.8 Å². The molecule has 17 nitrogen and oxygen atoms in total. The molecule has 0 bridgehead atoms. The number of ether oxygens (including phenoxy) is 7. The summed E-state index contributed by atoms with van der Waals surface area (Å²) in [6.07, 6.45) is -2.45. The van der Waals surface area contributed by atoms with E-state index < -0.39 is 60.3 Å². The van der Waals surface area contributed by atoms with Crippen molar-refractivity contribution in [3.63, 3.8) is 0 Å². The van der Waals surface area contributed by atoms with E-state index in [1.54, 1.807) is 135 Å². The summed E-state index contributed by atoms with van der Waals surface area (Å²) in [5, 5.41) is 26.3. The molecule has 2 amide bonds. The van der Waals surface area contributed by atoms with Crippen LogP contribution in [0.4, 0.5) is 0 Å². The van der Waals surface area contributed by atoms with Crippen LogP contribution in [0.25, 0.3) is 0 Å². The van der Waals surface area contributed by atoms with E-state index in [-0.39, 0.29) is 121 Å². The number of benzene rings is 8. The van der Waals surface area contributed by atoms with E-state index in [0.29, 0.717) is 49.7 Å². The predicted octanol–water partition coefficient (Wildman–Crippen LogP) is 13.6. The van der Waals surface area contributed by atoms with Gasteiger partial charge in [0.05, 0.1) is 92.0 Å². The molecule has 4 saturated heterocycles. The quantitative estimate of drug-likeness (QED) is 0.0345. The number of carboxylic acid groups (broad SMARTS) is 1. The normalized spacial score (nSPS) is 20.2. The minimum atomic E-state index is -1.17. The van der Waals surface area contributed by atoms with Crippen LogP contribution in [0.1, 0.15) is 85.9 Å². The van der Waals surface area contributed by atoms with Gasteiger partial charge in [-0.3, -0.25) is 19.2 Å². The molecule has 0 spiro atoms. The Morgan fingerprint density at radius 2 is 0.758 bits per heavy atom. The number of halogens is 6. The zero-order valence-corrected chi connectivity index (χ0v) is 58.2. The van der Waals surface area contributed by atoms with E-state index in [1.165, 1.54) is 0 Å². The Morgan fingerprint density at radius 1 is 0.414 bits per heavy atom. The number of hydrogen-bond acceptors (Lipinski definition) is 14. The first-order valence-corrected chi connectivity index (χ1v) is 34.1. The second kappa shape index (κ2) is 35.2. The number of carbonyl (C=O) groups is 6. The Labute approximate surface area is 602 Å². The van der Waals surface area contributed by atoms with Crippen molar-refractivity contribution >= 4 is 105 Å². The average molecular weight is 1460 g/mol. The average Bonchev–Trinajstić information content (AvgIpc) is 1.67. The Balaban J connectivity index is 0.000000181. The Bertz CT molecular complexity index is 4070. The molecule has 4 aliphatic rings. The number of aliphatic hydroxyl groups excluding tert-OH is 1. The molecule has 4 heterocycles. The summed E-state index contributed by atoms with van der Waals surface area (Å²) in [6, 6.07) is 51.7. The van der Waals surface area contributed by atoms with Gasteiger partial charge >= 0.3 is 11.9 Å². The zero-order valence-electron chi connectivity index (χ0n) is 53.6. The monoisotopic (exact) mass is 1460 g/mol. The largest absolute Gasteiger partial charge is 0.480 e. The fourth-order valence-electron chi connectivity index (χ4n) is 11.9. The lowest BCUT2D eigenvalue weighted by Crippen LogP contribution is -2.46. The van der Waals surface area contributed by atoms with Crippen molar-refractivity contribution in [2.45, 2.75) is 114 Å². The fraction of sp³-hybridized carbons (Fsp3) is 0.289. The minimum Gasteiger partial charge on any atom is -0.480 e. The molecule has 4 aliphatic heterocycles. The van der Waals surface area contributed by atoms with Crippen LogP contribution in [0, 0.1) is 13.8 Å². The van der Waals surface area contributed by atoms with Crippen molar-refractivity contribution in [3.05, 3.63) is 279 Å². The van der Waals surface area contributed by atoms with Gasteiger partial charge in [-0.15, -0.1) is 0 Å². The summed E-state index contributed by atoms with van der Waals surface area (Å²) in [4.78, 5) is 77.2. The number of aryl methyl sites for hydroxylation is 2. The van der Waals surface area contributed by atoms with Gasteiger partial charge in [-0.25, -0.2) is 9.59 Å². The van der Waals surface area contributed by atoms with Crippen LogP contribution in [0.5, 0.6) is 0 Å². The summed E-state index contributed by atoms with van der Waals surface area (Å²) in [5.74, 6) is -3.30. The highest BCUT2D eigenvalue weighted by atomic mass is 35.5. The number of carbonyl (C=O) groups excluding carboxylic acids is 5. The van der Waals surface area contributed by atoms with Gasteiger partial charge < -0.3 is 54.0 Å². The molecule has 99 heavy (non-hydrogen) atoms. The maximum Gasteiger partial charge on any atom is 0.329 e. The molecular formula is C76H70Cl6N2O15. The molecule has 10 atom stereocenters. The summed E-state index contributed by atoms with van der Waals surface area (Å²) in [6.45, 7) is 5.74. The van der Waals surface area contributed by atoms with E-state index in [2.05, 4.69) is 10.6 Å². The van der Waals surface area contributed by atoms with E-state index in [1.807, 2.05) is 60.7 Å². The highest BCUT2D eigenvalue weighted by Gasteiger charge is 2.51. The number of aliphatic carboxylic acids is 1. The van der Waals surface area contributed by atoms with Crippen molar-refractivity contribution in [1.82, 2.24) is 10.6 Å². The number of rotatable bonds is 23. The molecule has 4 N–H and O–H groups in total. The first-order valence-electron chi connectivity index (χ1n) is 31.8. The highest BCUT2D eigenvalue weighted by molar-refractivity contribution is 6.40. The zero-order chi connectivity index (χ0) is 70.3. The standard InChI is InChI=1S/C38H34Cl3NO7.C25H20Cl3NO4.C13H16O4/c1-22-7-5-10-26(39)33(22)37(44)42-29(17-23-13-15-24(16-14-23)18-30(43)34-27(40)11-6-12-28(34)41)38(45)49-32-21-48-35-31(20-47-36(32)35)46-19-25-8-3-2-4-9-25;1-14-4-2-5-17(26)22(14)24(31)29-20(25(32)33)12-15-8-10-16(11-9-15)13-21(30)23-18(27)6-3-7-19(23)28;14-10-7-16-13-11(8-17-12(10)13)15-6-9-4-2-1-3-5-9/h2-16,29,31-32,35-36H,17-21H2,1H3,(H,42,44);2-11,20H,12-13H2,1H3,(H,29,31)(H,32,33);1-5,10-14H,6-8H2/t29?,31-,32?,35+,36+;;10-,11+,12-,13-/m0.1/s1. The fourth-order valence-corrected chi connectivity index (χ4v) is 13.7. The van der Waals surface area contributed by atoms with Gasteiger partial charge in [-0.1, -0.05) is 215 Å². The maximum absolute atomic E-state index is 13.8. The maximum atomic E-state index is 13.8. The van der Waals surface area contributed by atoms with Crippen LogP contribution < -0.4 is 10.6 Å². The SMILES string of the molecule is Cc1cccc(Cl)c1C(=O)NC(Cc1ccc(CC(=O)c2c(Cl)cccc2Cl)cc1)C(=O)O.Cc1cccc(Cl)c1C(=O)NC(Cc1ccc(CC(=O)c2c(Cl)cccc2Cl)cc1)C(=O)OC1CO[C@@H]2[C@@H](OCc3ccccc3)CO[C@H]12.O[C@@H]1CO[C@H]2[C@@H]1OC[C@@H]2OCc1ccccc1. The number of fused-ring (bicyclic) bond motifs is 2. The van der Waals surface area contributed by atoms with Crippen molar-refractivity contribution in [2.75, 3.05) is 26.4 Å². The molecule has 0 radical (unpaired) electrons. The Kier molecular flexibility index (Phi) is 26.3. The Morgan fingerprint density at radius 3 is 1.18 bits per heavy atom. The number of Topliss-reactive ketones (excluding diaryl/α,β-unsaturated/α-hetero) is 2. The molecule has 0 aromatic heterocycles. The third kappa shape index (κ3) is 19.5.